The second-order valence-electron chi connectivity index (χ2n) is 5.58. The van der Waals surface area contributed by atoms with Crippen LogP contribution in [0.3, 0.4) is 0 Å². The normalized spacial score (nSPS) is 10.0. The van der Waals surface area contributed by atoms with Crippen LogP contribution in [0.15, 0.2) is 42.5 Å². The molecule has 2 amide bonds. The van der Waals surface area contributed by atoms with E-state index in [2.05, 4.69) is 10.6 Å². The highest BCUT2D eigenvalue weighted by atomic mass is 35.5. The molecule has 0 spiro atoms. The highest BCUT2D eigenvalue weighted by Gasteiger charge is 2.11. The number of carbonyl (C=O) groups excluding carboxylic acids is 3. The first-order valence-corrected chi connectivity index (χ1v) is 8.40. The molecule has 27 heavy (non-hydrogen) atoms. The minimum absolute atomic E-state index is 0.136. The summed E-state index contributed by atoms with van der Waals surface area (Å²) < 4.78 is 10.0. The van der Waals surface area contributed by atoms with E-state index < -0.39 is 18.5 Å². The minimum Gasteiger partial charge on any atom is -0.495 e. The first-order valence-electron chi connectivity index (χ1n) is 8.03. The lowest BCUT2D eigenvalue weighted by molar-refractivity contribution is -0.119. The van der Waals surface area contributed by atoms with Crippen molar-refractivity contribution in [1.82, 2.24) is 5.32 Å². The molecule has 0 heterocycles. The maximum Gasteiger partial charge on any atom is 0.338 e. The van der Waals surface area contributed by atoms with Gasteiger partial charge in [-0.05, 0) is 35.9 Å². The van der Waals surface area contributed by atoms with Crippen LogP contribution in [-0.4, -0.2) is 31.5 Å². The minimum atomic E-state index is -0.621. The lowest BCUT2D eigenvalue weighted by Crippen LogP contribution is -2.21. The average Bonchev–Trinajstić information content (AvgIpc) is 2.65. The molecule has 0 aliphatic carbocycles. The van der Waals surface area contributed by atoms with Gasteiger partial charge < -0.3 is 20.1 Å². The molecule has 0 fully saturated rings. The summed E-state index contributed by atoms with van der Waals surface area (Å²) in [7, 11) is 1.49. The van der Waals surface area contributed by atoms with E-state index in [1.165, 1.54) is 20.1 Å². The monoisotopic (exact) mass is 390 g/mol. The zero-order valence-corrected chi connectivity index (χ0v) is 15.6. The maximum absolute atomic E-state index is 12.0. The molecule has 0 aromatic heterocycles. The van der Waals surface area contributed by atoms with Crippen LogP contribution in [0.4, 0.5) is 5.69 Å². The second kappa shape index (κ2) is 9.59. The van der Waals surface area contributed by atoms with Gasteiger partial charge in [-0.15, -0.1) is 0 Å². The van der Waals surface area contributed by atoms with Gasteiger partial charge in [-0.2, -0.15) is 0 Å². The molecule has 0 aliphatic rings. The Balaban J connectivity index is 1.84. The number of esters is 1. The van der Waals surface area contributed by atoms with Crippen molar-refractivity contribution in [2.45, 2.75) is 13.5 Å². The molecule has 2 aromatic rings. The molecule has 0 bridgehead atoms. The van der Waals surface area contributed by atoms with Crippen molar-refractivity contribution in [3.8, 4) is 5.75 Å². The number of hydrogen-bond acceptors (Lipinski definition) is 5. The topological polar surface area (TPSA) is 93.7 Å². The van der Waals surface area contributed by atoms with E-state index in [0.29, 0.717) is 28.6 Å². The molecule has 0 saturated carbocycles. The van der Waals surface area contributed by atoms with Crippen molar-refractivity contribution >= 4 is 35.1 Å². The van der Waals surface area contributed by atoms with Crippen LogP contribution in [-0.2, 0) is 20.9 Å². The number of nitrogens with one attached hydrogen (secondary N) is 2. The van der Waals surface area contributed by atoms with Gasteiger partial charge in [0.05, 0.1) is 17.7 Å². The van der Waals surface area contributed by atoms with E-state index in [1.807, 2.05) is 0 Å². The Labute approximate surface area is 161 Å². The number of halogens is 1. The zero-order chi connectivity index (χ0) is 19.8. The van der Waals surface area contributed by atoms with Crippen molar-refractivity contribution < 1.29 is 23.9 Å². The molecule has 0 atom stereocenters. The number of rotatable bonds is 7. The van der Waals surface area contributed by atoms with Gasteiger partial charge in [0.1, 0.15) is 5.75 Å². The fourth-order valence-electron chi connectivity index (χ4n) is 2.14. The summed E-state index contributed by atoms with van der Waals surface area (Å²) in [4.78, 5) is 34.8. The fourth-order valence-corrected chi connectivity index (χ4v) is 2.40. The summed E-state index contributed by atoms with van der Waals surface area (Å²) in [5, 5.41) is 5.59. The standard InChI is InChI=1S/C19H19ClN2O5/c1-12(23)21-10-13-3-5-14(6-4-13)19(25)27-11-18(24)22-15-7-8-17(26-2)16(20)9-15/h3-9H,10-11H2,1-2H3,(H,21,23)(H,22,24). The van der Waals surface area contributed by atoms with Gasteiger partial charge in [0, 0.05) is 19.2 Å². The van der Waals surface area contributed by atoms with Gasteiger partial charge in [0.2, 0.25) is 5.91 Å². The molecule has 2 rings (SSSR count). The van der Waals surface area contributed by atoms with E-state index in [0.717, 1.165) is 5.56 Å². The first-order chi connectivity index (χ1) is 12.9. The SMILES string of the molecule is COc1ccc(NC(=O)COC(=O)c2ccc(CNC(C)=O)cc2)cc1Cl. The van der Waals surface area contributed by atoms with Crippen molar-refractivity contribution in [3.63, 3.8) is 0 Å². The highest BCUT2D eigenvalue weighted by molar-refractivity contribution is 6.32. The van der Waals surface area contributed by atoms with Crippen LogP contribution in [0.2, 0.25) is 5.02 Å². The van der Waals surface area contributed by atoms with Crippen molar-refractivity contribution in [1.29, 1.82) is 0 Å². The smallest absolute Gasteiger partial charge is 0.338 e. The molecule has 0 radical (unpaired) electrons. The molecule has 7 nitrogen and oxygen atoms in total. The van der Waals surface area contributed by atoms with Gasteiger partial charge in [-0.3, -0.25) is 9.59 Å². The quantitative estimate of drug-likeness (QED) is 0.709. The Morgan fingerprint density at radius 1 is 1.07 bits per heavy atom. The lowest BCUT2D eigenvalue weighted by atomic mass is 10.1. The molecule has 2 N–H and O–H groups in total. The molecule has 0 aliphatic heterocycles. The summed E-state index contributed by atoms with van der Waals surface area (Å²) in [5.74, 6) is -0.762. The average molecular weight is 391 g/mol. The predicted octanol–water partition coefficient (Wildman–Crippen LogP) is 2.78. The number of anilines is 1. The highest BCUT2D eigenvalue weighted by Crippen LogP contribution is 2.27. The molecule has 8 heteroatoms. The second-order valence-corrected chi connectivity index (χ2v) is 5.99. The van der Waals surface area contributed by atoms with Gasteiger partial charge >= 0.3 is 5.97 Å². The first kappa shape index (κ1) is 20.3. The summed E-state index contributed by atoms with van der Waals surface area (Å²) in [6.45, 7) is 1.37. The Morgan fingerprint density at radius 2 is 1.78 bits per heavy atom. The Bertz CT molecular complexity index is 836. The van der Waals surface area contributed by atoms with Gasteiger partial charge in [0.25, 0.3) is 5.91 Å². The summed E-state index contributed by atoms with van der Waals surface area (Å²) in [6, 6.07) is 11.3. The predicted molar refractivity (Wildman–Crippen MR) is 101 cm³/mol. The van der Waals surface area contributed by atoms with Crippen LogP contribution >= 0.6 is 11.6 Å². The molecule has 2 aromatic carbocycles. The third kappa shape index (κ3) is 6.31. The zero-order valence-electron chi connectivity index (χ0n) is 14.9. The van der Waals surface area contributed by atoms with Crippen molar-refractivity contribution in [2.75, 3.05) is 19.0 Å². The van der Waals surface area contributed by atoms with Crippen molar-refractivity contribution in [3.05, 3.63) is 58.6 Å². The van der Waals surface area contributed by atoms with Crippen LogP contribution in [0, 0.1) is 0 Å². The fraction of sp³-hybridized carbons (Fsp3) is 0.211. The Hall–Kier alpha value is -3.06. The van der Waals surface area contributed by atoms with Gasteiger partial charge in [-0.25, -0.2) is 4.79 Å². The molecular formula is C19H19ClN2O5. The van der Waals surface area contributed by atoms with E-state index in [9.17, 15) is 14.4 Å². The Morgan fingerprint density at radius 3 is 2.37 bits per heavy atom. The maximum atomic E-state index is 12.0. The Kier molecular flexibility index (Phi) is 7.19. The van der Waals surface area contributed by atoms with E-state index in [4.69, 9.17) is 21.1 Å². The number of benzene rings is 2. The van der Waals surface area contributed by atoms with Crippen LogP contribution in [0.5, 0.6) is 5.75 Å². The molecule has 142 valence electrons. The largest absolute Gasteiger partial charge is 0.495 e. The van der Waals surface area contributed by atoms with E-state index in [1.54, 1.807) is 36.4 Å². The van der Waals surface area contributed by atoms with Crippen molar-refractivity contribution in [2.24, 2.45) is 0 Å². The molecular weight excluding hydrogens is 372 g/mol. The number of carbonyl (C=O) groups is 3. The van der Waals surface area contributed by atoms with Crippen LogP contribution < -0.4 is 15.4 Å². The van der Waals surface area contributed by atoms with E-state index in [-0.39, 0.29) is 5.91 Å². The van der Waals surface area contributed by atoms with E-state index >= 15 is 0 Å². The van der Waals surface area contributed by atoms with Gasteiger partial charge in [0.15, 0.2) is 6.61 Å². The lowest BCUT2D eigenvalue weighted by Gasteiger charge is -2.09. The van der Waals surface area contributed by atoms with Gasteiger partial charge in [-0.1, -0.05) is 23.7 Å². The number of methoxy groups -OCH3 is 1. The van der Waals surface area contributed by atoms with Crippen LogP contribution in [0.25, 0.3) is 0 Å². The third-order valence-corrected chi connectivity index (χ3v) is 3.80. The number of hydrogen-bond donors (Lipinski definition) is 2. The number of amides is 2. The third-order valence-electron chi connectivity index (χ3n) is 3.50. The number of ether oxygens (including phenoxy) is 2. The summed E-state index contributed by atoms with van der Waals surface area (Å²) >= 11 is 5.99. The summed E-state index contributed by atoms with van der Waals surface area (Å²) in [6.07, 6.45) is 0. The molecule has 0 unspecified atom stereocenters. The van der Waals surface area contributed by atoms with Crippen LogP contribution in [0.1, 0.15) is 22.8 Å². The summed E-state index contributed by atoms with van der Waals surface area (Å²) in [5.41, 5.74) is 1.61. The molecule has 0 saturated heterocycles.